The van der Waals surface area contributed by atoms with Gasteiger partial charge in [0.2, 0.25) is 0 Å². The largest absolute Gasteiger partial charge is 0.445 e. The molecule has 4 saturated heterocycles. The van der Waals surface area contributed by atoms with E-state index in [2.05, 4.69) is 19.2 Å². The maximum absolute atomic E-state index is 12.7. The number of nitrogens with one attached hydrogen (secondary N) is 1. The summed E-state index contributed by atoms with van der Waals surface area (Å²) in [5.74, 6) is 1.80. The van der Waals surface area contributed by atoms with E-state index >= 15 is 0 Å². The van der Waals surface area contributed by atoms with Gasteiger partial charge in [-0.25, -0.2) is 14.4 Å². The highest BCUT2D eigenvalue weighted by atomic mass is 16.6. The molecule has 0 aliphatic carbocycles. The normalized spacial score (nSPS) is 25.1. The van der Waals surface area contributed by atoms with Crippen LogP contribution >= 0.6 is 0 Å². The van der Waals surface area contributed by atoms with Gasteiger partial charge in [0.25, 0.3) is 0 Å². The number of alkyl carbamates (subject to hydrolysis) is 1. The Hall–Kier alpha value is -4.53. The molecular weight excluding hydrogens is 654 g/mol. The van der Waals surface area contributed by atoms with Crippen LogP contribution in [0.3, 0.4) is 0 Å². The average molecular weight is 710 g/mol. The molecule has 4 aliphatic rings. The molecule has 0 radical (unpaired) electrons. The number of piperidine rings is 2. The number of benzene rings is 3. The van der Waals surface area contributed by atoms with Crippen molar-refractivity contribution in [2.24, 2.45) is 17.8 Å². The lowest BCUT2D eigenvalue weighted by molar-refractivity contribution is 0.0461. The third-order valence-electron chi connectivity index (χ3n) is 11.6. The van der Waals surface area contributed by atoms with Crippen molar-refractivity contribution in [1.82, 2.24) is 15.1 Å². The molecule has 0 saturated carbocycles. The molecule has 4 bridgehead atoms. The number of hydrogen-bond acceptors (Lipinski definition) is 6. The Morgan fingerprint density at radius 1 is 0.558 bits per heavy atom. The first-order chi connectivity index (χ1) is 25.2. The number of fused-ring (bicyclic) bond motifs is 4. The maximum Gasteiger partial charge on any atom is 0.410 e. The highest BCUT2D eigenvalue weighted by Crippen LogP contribution is 2.42. The van der Waals surface area contributed by atoms with Gasteiger partial charge in [-0.1, -0.05) is 105 Å². The highest BCUT2D eigenvalue weighted by Gasteiger charge is 2.46. The minimum absolute atomic E-state index is 0.00568. The Labute approximate surface area is 309 Å². The molecule has 3 aromatic carbocycles. The molecule has 4 fully saturated rings. The third kappa shape index (κ3) is 9.66. The Kier molecular flexibility index (Phi) is 12.7. The minimum atomic E-state index is -0.395. The van der Waals surface area contributed by atoms with Gasteiger partial charge in [0, 0.05) is 30.2 Å². The van der Waals surface area contributed by atoms with Crippen LogP contribution in [0.1, 0.15) is 88.8 Å². The van der Waals surface area contributed by atoms with E-state index in [0.717, 1.165) is 79.9 Å². The molecule has 0 spiro atoms. The van der Waals surface area contributed by atoms with Crippen molar-refractivity contribution in [3.8, 4) is 0 Å². The lowest BCUT2D eigenvalue weighted by atomic mass is 9.83. The second-order valence-corrected chi connectivity index (χ2v) is 15.4. The van der Waals surface area contributed by atoms with Crippen LogP contribution in [0.5, 0.6) is 0 Å². The number of rotatable bonds is 9. The molecule has 3 amide bonds. The first-order valence-electron chi connectivity index (χ1n) is 19.2. The summed E-state index contributed by atoms with van der Waals surface area (Å²) < 4.78 is 16.5. The van der Waals surface area contributed by atoms with Gasteiger partial charge in [-0.2, -0.15) is 0 Å². The zero-order valence-electron chi connectivity index (χ0n) is 30.9. The second-order valence-electron chi connectivity index (χ2n) is 15.4. The summed E-state index contributed by atoms with van der Waals surface area (Å²) in [6.45, 7) is 7.56. The predicted molar refractivity (Wildman–Crippen MR) is 200 cm³/mol. The highest BCUT2D eigenvalue weighted by molar-refractivity contribution is 5.70. The van der Waals surface area contributed by atoms with Crippen LogP contribution in [0, 0.1) is 17.8 Å². The molecule has 4 aliphatic heterocycles. The van der Waals surface area contributed by atoms with Gasteiger partial charge < -0.3 is 29.3 Å². The number of carbonyl (C=O) groups is 3. The molecule has 4 unspecified atom stereocenters. The molecule has 9 nitrogen and oxygen atoms in total. The Bertz CT molecular complexity index is 1560. The number of ether oxygens (including phenoxy) is 3. The van der Waals surface area contributed by atoms with Crippen molar-refractivity contribution < 1.29 is 28.6 Å². The molecular formula is C43H55N3O6. The third-order valence-corrected chi connectivity index (χ3v) is 11.6. The summed E-state index contributed by atoms with van der Waals surface area (Å²) in [6.07, 6.45) is 7.58. The standard InChI is InChI=1S/C25H30N2O4.C18H25NO2/c1-18(26-24(28)30-16-19-8-4-2-5-9-19)21-14-22-12-13-23(15-21)27(22)25(29)31-17-20-10-6-3-7-11-20;1-13(2)15-10-16-8-9-17(11-15)19(16)18(20)21-12-14-6-4-3-5-7-14/h2-11,18,21-23H,12-17H2,1H3,(H,26,28);3-7,13,15-17H,8-12H2,1-2H3/t18-,21?,22?,23?;/m1./s1. The van der Waals surface area contributed by atoms with Crippen LogP contribution in [0.2, 0.25) is 0 Å². The quantitative estimate of drug-likeness (QED) is 0.223. The van der Waals surface area contributed by atoms with Crippen molar-refractivity contribution in [2.45, 2.75) is 122 Å². The zero-order chi connectivity index (χ0) is 36.5. The van der Waals surface area contributed by atoms with Crippen LogP contribution < -0.4 is 5.32 Å². The number of nitrogens with zero attached hydrogens (tertiary/aromatic N) is 2. The van der Waals surface area contributed by atoms with E-state index in [1.807, 2.05) is 108 Å². The average Bonchev–Trinajstić information content (AvgIpc) is 3.59. The maximum atomic E-state index is 12.7. The second kappa shape index (κ2) is 17.8. The molecule has 278 valence electrons. The van der Waals surface area contributed by atoms with Gasteiger partial charge >= 0.3 is 18.3 Å². The van der Waals surface area contributed by atoms with E-state index in [4.69, 9.17) is 14.2 Å². The molecule has 1 N–H and O–H groups in total. The topological polar surface area (TPSA) is 97.4 Å². The number of hydrogen-bond donors (Lipinski definition) is 1. The fraction of sp³-hybridized carbons (Fsp3) is 0.512. The van der Waals surface area contributed by atoms with Crippen molar-refractivity contribution >= 4 is 18.3 Å². The van der Waals surface area contributed by atoms with E-state index in [1.165, 1.54) is 0 Å². The lowest BCUT2D eigenvalue weighted by Crippen LogP contribution is -2.51. The first kappa shape index (κ1) is 37.2. The van der Waals surface area contributed by atoms with Gasteiger partial charge in [0.05, 0.1) is 0 Å². The molecule has 5 atom stereocenters. The smallest absolute Gasteiger partial charge is 0.410 e. The van der Waals surface area contributed by atoms with Crippen molar-refractivity contribution in [1.29, 1.82) is 0 Å². The summed E-state index contributed by atoms with van der Waals surface area (Å²) in [6, 6.07) is 30.5. The number of carbonyl (C=O) groups excluding carboxylic acids is 3. The molecule has 52 heavy (non-hydrogen) atoms. The number of amides is 3. The Balaban J connectivity index is 0.000000192. The van der Waals surface area contributed by atoms with E-state index in [-0.39, 0.29) is 36.9 Å². The monoisotopic (exact) mass is 709 g/mol. The summed E-state index contributed by atoms with van der Waals surface area (Å²) in [4.78, 5) is 41.3. The Morgan fingerprint density at radius 3 is 1.27 bits per heavy atom. The lowest BCUT2D eigenvalue weighted by Gasteiger charge is -2.40. The van der Waals surface area contributed by atoms with Crippen LogP contribution in [-0.4, -0.2) is 58.3 Å². The summed E-state index contributed by atoms with van der Waals surface area (Å²) in [5.41, 5.74) is 3.01. The SMILES string of the molecule is CC(C)C1CC2CCC(C1)N2C(=O)OCc1ccccc1.C[C@@H](NC(=O)OCc1ccccc1)C1CC2CCC(C1)N2C(=O)OCc1ccccc1. The van der Waals surface area contributed by atoms with Crippen molar-refractivity contribution in [3.63, 3.8) is 0 Å². The van der Waals surface area contributed by atoms with Gasteiger partial charge in [-0.15, -0.1) is 0 Å². The van der Waals surface area contributed by atoms with Gasteiger partial charge in [0.1, 0.15) is 19.8 Å². The molecule has 9 heteroatoms. The van der Waals surface area contributed by atoms with E-state index in [9.17, 15) is 14.4 Å². The van der Waals surface area contributed by atoms with Crippen LogP contribution in [0.25, 0.3) is 0 Å². The van der Waals surface area contributed by atoms with Crippen LogP contribution in [0.4, 0.5) is 14.4 Å². The Morgan fingerprint density at radius 2 is 0.904 bits per heavy atom. The van der Waals surface area contributed by atoms with Gasteiger partial charge in [-0.3, -0.25) is 0 Å². The summed E-state index contributed by atoms with van der Waals surface area (Å²) >= 11 is 0. The van der Waals surface area contributed by atoms with Crippen LogP contribution in [-0.2, 0) is 34.0 Å². The summed E-state index contributed by atoms with van der Waals surface area (Å²) in [7, 11) is 0. The van der Waals surface area contributed by atoms with E-state index < -0.39 is 6.09 Å². The van der Waals surface area contributed by atoms with E-state index in [0.29, 0.717) is 31.2 Å². The zero-order valence-corrected chi connectivity index (χ0v) is 30.9. The molecule has 7 rings (SSSR count). The fourth-order valence-electron chi connectivity index (χ4n) is 8.64. The minimum Gasteiger partial charge on any atom is -0.445 e. The van der Waals surface area contributed by atoms with Crippen molar-refractivity contribution in [2.75, 3.05) is 0 Å². The predicted octanol–water partition coefficient (Wildman–Crippen LogP) is 9.10. The van der Waals surface area contributed by atoms with E-state index in [1.54, 1.807) is 0 Å². The van der Waals surface area contributed by atoms with Gasteiger partial charge in [-0.05, 0) is 92.7 Å². The van der Waals surface area contributed by atoms with Crippen LogP contribution in [0.15, 0.2) is 91.0 Å². The molecule has 3 aromatic rings. The fourth-order valence-corrected chi connectivity index (χ4v) is 8.64. The van der Waals surface area contributed by atoms with Crippen molar-refractivity contribution in [3.05, 3.63) is 108 Å². The summed E-state index contributed by atoms with van der Waals surface area (Å²) in [5, 5.41) is 2.98. The van der Waals surface area contributed by atoms with Gasteiger partial charge in [0.15, 0.2) is 0 Å². The molecule has 0 aromatic heterocycles. The first-order valence-corrected chi connectivity index (χ1v) is 19.2. The molecule has 4 heterocycles.